The van der Waals surface area contributed by atoms with E-state index in [9.17, 15) is 0 Å². The van der Waals surface area contributed by atoms with Gasteiger partial charge in [0.2, 0.25) is 0 Å². The number of hydrogen-bond acceptors (Lipinski definition) is 4. The Kier molecular flexibility index (Phi) is 6.52. The Balaban J connectivity index is 1.77. The van der Waals surface area contributed by atoms with Crippen LogP contribution >= 0.6 is 8.22 Å². The van der Waals surface area contributed by atoms with Crippen molar-refractivity contribution < 1.29 is 9.47 Å². The summed E-state index contributed by atoms with van der Waals surface area (Å²) in [6.07, 6.45) is 14.0. The molecule has 123 valence electrons. The second kappa shape index (κ2) is 8.39. The second-order valence-electron chi connectivity index (χ2n) is 6.26. The van der Waals surface area contributed by atoms with Gasteiger partial charge in [0.15, 0.2) is 0 Å². The number of hydrogen-bond donors (Lipinski definition) is 0. The minimum absolute atomic E-state index is 0.416. The molecule has 0 bridgehead atoms. The lowest BCUT2D eigenvalue weighted by Crippen LogP contribution is -2.39. The zero-order valence-electron chi connectivity index (χ0n) is 13.8. The Bertz CT molecular complexity index is 315. The van der Waals surface area contributed by atoms with Gasteiger partial charge in [-0.1, -0.05) is 0 Å². The number of methoxy groups -OCH3 is 2. The molecular formula is C17H28N2O2P. The number of rotatable bonds is 7. The molecule has 2 atom stereocenters. The monoisotopic (exact) mass is 323 g/mol. The van der Waals surface area contributed by atoms with Gasteiger partial charge in [0.25, 0.3) is 0 Å². The maximum Gasteiger partial charge on any atom is 0.0621 e. The maximum atomic E-state index is 5.49. The molecule has 1 aliphatic carbocycles. The summed E-state index contributed by atoms with van der Waals surface area (Å²) in [5.74, 6) is 0. The molecule has 5 radical (unpaired) electrons. The van der Waals surface area contributed by atoms with Gasteiger partial charge in [0, 0.05) is 53.3 Å². The molecule has 5 heteroatoms. The van der Waals surface area contributed by atoms with Crippen LogP contribution in [0.5, 0.6) is 0 Å². The summed E-state index contributed by atoms with van der Waals surface area (Å²) in [6.45, 7) is 4.09. The van der Waals surface area contributed by atoms with Crippen LogP contribution in [0.15, 0.2) is 0 Å². The Morgan fingerprint density at radius 2 is 1.45 bits per heavy atom. The van der Waals surface area contributed by atoms with Crippen molar-refractivity contribution in [3.63, 3.8) is 0 Å². The average molecular weight is 323 g/mol. The normalized spacial score (nSPS) is 31.8. The fourth-order valence-electron chi connectivity index (χ4n) is 3.80. The van der Waals surface area contributed by atoms with Gasteiger partial charge < -0.3 is 9.47 Å². The molecule has 0 aromatic heterocycles. The van der Waals surface area contributed by atoms with Gasteiger partial charge in [0.05, 0.1) is 13.2 Å². The van der Waals surface area contributed by atoms with Crippen molar-refractivity contribution in [2.45, 2.75) is 37.8 Å². The highest BCUT2D eigenvalue weighted by molar-refractivity contribution is 7.56. The van der Waals surface area contributed by atoms with E-state index < -0.39 is 8.22 Å². The van der Waals surface area contributed by atoms with E-state index in [1.807, 2.05) is 14.2 Å². The van der Waals surface area contributed by atoms with Crippen molar-refractivity contribution in [3.8, 4) is 0 Å². The van der Waals surface area contributed by atoms with Gasteiger partial charge in [-0.25, -0.2) is 0 Å². The van der Waals surface area contributed by atoms with E-state index in [0.29, 0.717) is 12.1 Å². The van der Waals surface area contributed by atoms with E-state index in [2.05, 4.69) is 35.0 Å². The van der Waals surface area contributed by atoms with Crippen molar-refractivity contribution in [3.05, 3.63) is 31.3 Å². The van der Waals surface area contributed by atoms with Crippen molar-refractivity contribution in [2.75, 3.05) is 40.5 Å². The first-order valence-electron chi connectivity index (χ1n) is 8.38. The second-order valence-corrected chi connectivity index (χ2v) is 8.38. The van der Waals surface area contributed by atoms with Gasteiger partial charge in [0.1, 0.15) is 0 Å². The third-order valence-corrected chi connectivity index (χ3v) is 7.56. The van der Waals surface area contributed by atoms with Gasteiger partial charge in [-0.3, -0.25) is 9.34 Å². The third kappa shape index (κ3) is 3.67. The summed E-state index contributed by atoms with van der Waals surface area (Å²) < 4.78 is 16.4. The van der Waals surface area contributed by atoms with Crippen molar-refractivity contribution in [1.82, 2.24) is 9.34 Å². The maximum absolute atomic E-state index is 5.49. The summed E-state index contributed by atoms with van der Waals surface area (Å²) in [6, 6.07) is 1.13. The minimum atomic E-state index is -0.416. The molecule has 3 rings (SSSR count). The molecule has 4 nitrogen and oxygen atoms in total. The molecule has 2 aliphatic heterocycles. The van der Waals surface area contributed by atoms with Crippen LogP contribution in [0.1, 0.15) is 25.7 Å². The largest absolute Gasteiger partial charge is 0.383 e. The standard InChI is InChI=1S/C17H28N2O2P/c1-20-13-15-7-5-11-18(15)22(17-9-3-4-10-17)19-12-6-8-16(19)14-21-2/h3-4,9-10,15-16H,5-8,11-14H2,1-2H3/t15-,16-/m0/s1. The Hall–Kier alpha value is 0.270. The van der Waals surface area contributed by atoms with E-state index in [4.69, 9.17) is 9.47 Å². The smallest absolute Gasteiger partial charge is 0.0621 e. The van der Waals surface area contributed by atoms with E-state index in [-0.39, 0.29) is 0 Å². The van der Waals surface area contributed by atoms with Gasteiger partial charge >= 0.3 is 0 Å². The molecule has 2 heterocycles. The highest BCUT2D eigenvalue weighted by atomic mass is 31.1. The fourth-order valence-corrected chi connectivity index (χ4v) is 6.78. The number of nitrogens with zero attached hydrogens (tertiary/aromatic N) is 2. The van der Waals surface area contributed by atoms with Crippen LogP contribution < -0.4 is 0 Å². The van der Waals surface area contributed by atoms with E-state index in [0.717, 1.165) is 13.2 Å². The minimum Gasteiger partial charge on any atom is -0.383 e. The van der Waals surface area contributed by atoms with Crippen LogP contribution in [0.3, 0.4) is 0 Å². The molecule has 0 unspecified atom stereocenters. The molecule has 0 spiro atoms. The summed E-state index contributed by atoms with van der Waals surface area (Å²) in [5, 5.41) is 0. The molecule has 0 N–H and O–H groups in total. The lowest BCUT2D eigenvalue weighted by molar-refractivity contribution is 0.137. The molecule has 3 fully saturated rings. The molecule has 0 aromatic rings. The van der Waals surface area contributed by atoms with Gasteiger partial charge in [-0.15, -0.1) is 0 Å². The van der Waals surface area contributed by atoms with Crippen LogP contribution in [-0.2, 0) is 9.47 Å². The van der Waals surface area contributed by atoms with Crippen LogP contribution in [0.4, 0.5) is 0 Å². The molecule has 0 amide bonds. The number of ether oxygens (including phenoxy) is 2. The van der Waals surface area contributed by atoms with E-state index >= 15 is 0 Å². The summed E-state index contributed by atoms with van der Waals surface area (Å²) in [7, 11) is 3.23. The van der Waals surface area contributed by atoms with E-state index in [1.165, 1.54) is 44.4 Å². The first-order valence-corrected chi connectivity index (χ1v) is 9.62. The van der Waals surface area contributed by atoms with E-state index in [1.54, 1.807) is 0 Å². The van der Waals surface area contributed by atoms with Crippen LogP contribution in [0.2, 0.25) is 0 Å². The van der Waals surface area contributed by atoms with Crippen LogP contribution in [0, 0.1) is 31.3 Å². The zero-order chi connectivity index (χ0) is 15.4. The first kappa shape index (κ1) is 17.1. The SMILES string of the molecule is COC[C@@H]1CCCN1P([C]1[CH][CH][CH][CH]1)N1CCC[C@H]1COC. The molecule has 2 saturated heterocycles. The highest BCUT2D eigenvalue weighted by Gasteiger charge is 2.44. The van der Waals surface area contributed by atoms with Crippen molar-refractivity contribution >= 4 is 8.22 Å². The quantitative estimate of drug-likeness (QED) is 0.673. The van der Waals surface area contributed by atoms with Crippen LogP contribution in [-0.4, -0.2) is 61.9 Å². The third-order valence-electron chi connectivity index (χ3n) is 4.77. The van der Waals surface area contributed by atoms with Gasteiger partial charge in [-0.05, 0) is 51.4 Å². The summed E-state index contributed by atoms with van der Waals surface area (Å²) in [4.78, 5) is 0. The fraction of sp³-hybridized carbons (Fsp3) is 0.706. The van der Waals surface area contributed by atoms with Crippen molar-refractivity contribution in [1.29, 1.82) is 0 Å². The Labute approximate surface area is 137 Å². The lowest BCUT2D eigenvalue weighted by Gasteiger charge is -2.43. The molecular weight excluding hydrogens is 295 g/mol. The topological polar surface area (TPSA) is 24.9 Å². The van der Waals surface area contributed by atoms with Crippen LogP contribution in [0.25, 0.3) is 0 Å². The van der Waals surface area contributed by atoms with Gasteiger partial charge in [-0.2, -0.15) is 0 Å². The summed E-state index contributed by atoms with van der Waals surface area (Å²) in [5.41, 5.74) is 1.49. The molecule has 0 aromatic carbocycles. The molecule has 1 saturated carbocycles. The lowest BCUT2D eigenvalue weighted by atomic mass is 10.2. The Morgan fingerprint density at radius 3 is 1.91 bits per heavy atom. The average Bonchev–Trinajstić information content (AvgIpc) is 3.25. The molecule has 22 heavy (non-hydrogen) atoms. The first-order chi connectivity index (χ1) is 10.8. The predicted molar refractivity (Wildman–Crippen MR) is 90.6 cm³/mol. The molecule has 3 aliphatic rings. The zero-order valence-corrected chi connectivity index (χ0v) is 14.7. The Morgan fingerprint density at radius 1 is 0.955 bits per heavy atom. The van der Waals surface area contributed by atoms with Crippen molar-refractivity contribution in [2.24, 2.45) is 0 Å². The highest BCUT2D eigenvalue weighted by Crippen LogP contribution is 2.62. The summed E-state index contributed by atoms with van der Waals surface area (Å²) >= 11 is 0. The predicted octanol–water partition coefficient (Wildman–Crippen LogP) is 2.88.